The summed E-state index contributed by atoms with van der Waals surface area (Å²) in [6, 6.07) is 0. The van der Waals surface area contributed by atoms with Gasteiger partial charge in [0.2, 0.25) is 5.91 Å². The number of unbranched alkanes of at least 4 members (excludes halogenated alkanes) is 1. The summed E-state index contributed by atoms with van der Waals surface area (Å²) in [5, 5.41) is 2.68. The van der Waals surface area contributed by atoms with E-state index < -0.39 is 0 Å². The van der Waals surface area contributed by atoms with Crippen LogP contribution in [0.3, 0.4) is 0 Å². The van der Waals surface area contributed by atoms with Gasteiger partial charge in [0.15, 0.2) is 0 Å². The molecule has 2 nitrogen and oxygen atoms in total. The minimum atomic E-state index is -0.0801. The number of rotatable bonds is 4. The van der Waals surface area contributed by atoms with E-state index in [4.69, 9.17) is 0 Å². The summed E-state index contributed by atoms with van der Waals surface area (Å²) in [5.41, 5.74) is 0. The minimum Gasteiger partial charge on any atom is -1.00 e. The van der Waals surface area contributed by atoms with Crippen molar-refractivity contribution in [1.29, 1.82) is 0 Å². The maximum absolute atomic E-state index is 10.5. The molecule has 0 aromatic carbocycles. The molecule has 10 heavy (non-hydrogen) atoms. The van der Waals surface area contributed by atoms with E-state index >= 15 is 0 Å². The van der Waals surface area contributed by atoms with Gasteiger partial charge in [-0.1, -0.05) is 19.9 Å². The van der Waals surface area contributed by atoms with Crippen molar-refractivity contribution in [3.05, 3.63) is 12.7 Å². The van der Waals surface area contributed by atoms with Gasteiger partial charge in [-0.05, 0) is 12.5 Å². The number of hydrogen-bond donors (Lipinski definition) is 1. The van der Waals surface area contributed by atoms with Crippen LogP contribution in [-0.2, 0) is 4.79 Å². The Bertz CT molecular complexity index is 109. The molecule has 0 aromatic rings. The second-order valence-electron chi connectivity index (χ2n) is 1.85. The average Bonchev–Trinajstić information content (AvgIpc) is 1.89. The van der Waals surface area contributed by atoms with Gasteiger partial charge in [-0.15, -0.1) is 0 Å². The predicted molar refractivity (Wildman–Crippen MR) is 39.2 cm³/mol. The van der Waals surface area contributed by atoms with Crippen LogP contribution in [0.25, 0.3) is 0 Å². The zero-order valence-corrected chi connectivity index (χ0v) is 9.94. The first-order valence-corrected chi connectivity index (χ1v) is 3.21. The first-order valence-electron chi connectivity index (χ1n) is 3.21. The van der Waals surface area contributed by atoms with Gasteiger partial charge in [0.25, 0.3) is 0 Å². The number of amides is 1. The SMILES string of the molecule is C=CC(=O)NCCCC.[H-].[K+]. The second-order valence-corrected chi connectivity index (χ2v) is 1.85. The van der Waals surface area contributed by atoms with Crippen LogP contribution in [0.1, 0.15) is 21.2 Å². The molecule has 1 N–H and O–H groups in total. The van der Waals surface area contributed by atoms with E-state index in [1.165, 1.54) is 6.08 Å². The van der Waals surface area contributed by atoms with Crippen LogP contribution in [0.2, 0.25) is 0 Å². The largest absolute Gasteiger partial charge is 1.00 e. The second kappa shape index (κ2) is 9.85. The van der Waals surface area contributed by atoms with Crippen LogP contribution in [-0.4, -0.2) is 12.5 Å². The molecule has 0 spiro atoms. The van der Waals surface area contributed by atoms with Crippen LogP contribution in [0.15, 0.2) is 12.7 Å². The molecule has 0 aliphatic heterocycles. The van der Waals surface area contributed by atoms with E-state index in [1.807, 2.05) is 0 Å². The summed E-state index contributed by atoms with van der Waals surface area (Å²) in [5.74, 6) is -0.0801. The molecule has 54 valence electrons. The van der Waals surface area contributed by atoms with Gasteiger partial charge in [-0.3, -0.25) is 4.79 Å². The molecule has 0 aromatic heterocycles. The van der Waals surface area contributed by atoms with Crippen LogP contribution >= 0.6 is 0 Å². The van der Waals surface area contributed by atoms with Crippen LogP contribution in [0.5, 0.6) is 0 Å². The zero-order valence-electron chi connectivity index (χ0n) is 7.81. The Morgan fingerprint density at radius 2 is 2.40 bits per heavy atom. The van der Waals surface area contributed by atoms with Crippen LogP contribution in [0, 0.1) is 0 Å². The minimum absolute atomic E-state index is 0. The van der Waals surface area contributed by atoms with Gasteiger partial charge in [0, 0.05) is 6.54 Å². The fraction of sp³-hybridized carbons (Fsp3) is 0.571. The molecule has 0 atom stereocenters. The Hall–Kier alpha value is 0.846. The van der Waals surface area contributed by atoms with Crippen molar-refractivity contribution < 1.29 is 57.6 Å². The third-order valence-corrected chi connectivity index (χ3v) is 1.01. The van der Waals surface area contributed by atoms with Crippen molar-refractivity contribution in [2.45, 2.75) is 19.8 Å². The number of carbonyl (C=O) groups excluding carboxylic acids is 1. The predicted octanol–water partition coefficient (Wildman–Crippen LogP) is -1.79. The first-order chi connectivity index (χ1) is 4.31. The van der Waals surface area contributed by atoms with E-state index in [2.05, 4.69) is 18.8 Å². The van der Waals surface area contributed by atoms with E-state index in [9.17, 15) is 4.79 Å². The van der Waals surface area contributed by atoms with Crippen molar-refractivity contribution in [3.63, 3.8) is 0 Å². The van der Waals surface area contributed by atoms with Crippen molar-refractivity contribution in [2.24, 2.45) is 0 Å². The van der Waals surface area contributed by atoms with Gasteiger partial charge in [0.1, 0.15) is 0 Å². The monoisotopic (exact) mass is 167 g/mol. The van der Waals surface area contributed by atoms with Crippen molar-refractivity contribution in [3.8, 4) is 0 Å². The van der Waals surface area contributed by atoms with Crippen LogP contribution < -0.4 is 56.7 Å². The molecule has 0 saturated carbocycles. The molecule has 0 fully saturated rings. The summed E-state index contributed by atoms with van der Waals surface area (Å²) in [7, 11) is 0. The fourth-order valence-corrected chi connectivity index (χ4v) is 0.461. The number of hydrogen-bond acceptors (Lipinski definition) is 1. The molecule has 1 amide bonds. The Morgan fingerprint density at radius 1 is 1.80 bits per heavy atom. The Morgan fingerprint density at radius 3 is 2.80 bits per heavy atom. The molecular formula is C7H14KNO. The fourth-order valence-electron chi connectivity index (χ4n) is 0.461. The van der Waals surface area contributed by atoms with E-state index in [0.29, 0.717) is 0 Å². The molecule has 0 aliphatic rings. The topological polar surface area (TPSA) is 29.1 Å². The van der Waals surface area contributed by atoms with Crippen LogP contribution in [0.4, 0.5) is 0 Å². The Labute approximate surface area is 106 Å². The maximum atomic E-state index is 10.5. The average molecular weight is 167 g/mol. The smallest absolute Gasteiger partial charge is 1.00 e. The van der Waals surface area contributed by atoms with Crippen molar-refractivity contribution >= 4 is 5.91 Å². The Balaban J connectivity index is -0.000000320. The van der Waals surface area contributed by atoms with Gasteiger partial charge in [-0.25, -0.2) is 0 Å². The zero-order chi connectivity index (χ0) is 7.11. The first kappa shape index (κ1) is 13.4. The third-order valence-electron chi connectivity index (χ3n) is 1.01. The number of carbonyl (C=O) groups is 1. The molecule has 0 aliphatic carbocycles. The summed E-state index contributed by atoms with van der Waals surface area (Å²) >= 11 is 0. The standard InChI is InChI=1S/C7H13NO.K.H/c1-3-5-6-8-7(9)4-2;;/h4H,2-3,5-6H2,1H3,(H,8,9);;/q;+1;-1. The van der Waals surface area contributed by atoms with Crippen molar-refractivity contribution in [2.75, 3.05) is 6.54 Å². The summed E-state index contributed by atoms with van der Waals surface area (Å²) in [4.78, 5) is 10.5. The van der Waals surface area contributed by atoms with E-state index in [-0.39, 0.29) is 58.7 Å². The molecule has 0 heterocycles. The van der Waals surface area contributed by atoms with Gasteiger partial charge in [-0.2, -0.15) is 0 Å². The third kappa shape index (κ3) is 8.85. The summed E-state index contributed by atoms with van der Waals surface area (Å²) in [6.07, 6.45) is 3.44. The normalized spacial score (nSPS) is 7.70. The van der Waals surface area contributed by atoms with Gasteiger partial charge >= 0.3 is 51.4 Å². The maximum Gasteiger partial charge on any atom is 1.00 e. The van der Waals surface area contributed by atoms with Gasteiger partial charge in [0.05, 0.1) is 0 Å². The van der Waals surface area contributed by atoms with Crippen molar-refractivity contribution in [1.82, 2.24) is 5.32 Å². The molecule has 0 radical (unpaired) electrons. The number of nitrogens with one attached hydrogen (secondary N) is 1. The molecule has 3 heteroatoms. The van der Waals surface area contributed by atoms with Gasteiger partial charge < -0.3 is 6.74 Å². The Kier molecular flexibility index (Phi) is 13.2. The molecule has 0 rings (SSSR count). The molecule has 0 bridgehead atoms. The quantitative estimate of drug-likeness (QED) is 0.299. The van der Waals surface area contributed by atoms with E-state index in [1.54, 1.807) is 0 Å². The summed E-state index contributed by atoms with van der Waals surface area (Å²) < 4.78 is 0. The summed E-state index contributed by atoms with van der Waals surface area (Å²) in [6.45, 7) is 6.18. The van der Waals surface area contributed by atoms with E-state index in [0.717, 1.165) is 19.4 Å². The molecular weight excluding hydrogens is 153 g/mol. The molecule has 0 unspecified atom stereocenters. The molecule has 0 saturated heterocycles.